The van der Waals surface area contributed by atoms with Crippen LogP contribution in [0.2, 0.25) is 0 Å². The van der Waals surface area contributed by atoms with E-state index >= 15 is 0 Å². The number of hydrogen-bond donors (Lipinski definition) is 0. The fourth-order valence-corrected chi connectivity index (χ4v) is 2.93. The molecule has 0 bridgehead atoms. The second-order valence-corrected chi connectivity index (χ2v) is 6.99. The molecule has 0 amide bonds. The molecule has 0 aliphatic heterocycles. The van der Waals surface area contributed by atoms with Crippen LogP contribution in [0.5, 0.6) is 17.2 Å². The summed E-state index contributed by atoms with van der Waals surface area (Å²) in [6.07, 6.45) is 0.128. The summed E-state index contributed by atoms with van der Waals surface area (Å²) in [6.45, 7) is 5.78. The Bertz CT molecular complexity index is 850. The summed E-state index contributed by atoms with van der Waals surface area (Å²) in [5.74, 6) is 1.81. The third kappa shape index (κ3) is 5.86. The molecule has 2 aromatic rings. The summed E-state index contributed by atoms with van der Waals surface area (Å²) in [5.41, 5.74) is 1.87. The molecule has 0 unspecified atom stereocenters. The van der Waals surface area contributed by atoms with Crippen molar-refractivity contribution in [1.29, 1.82) is 0 Å². The number of nitrogens with zero attached hydrogens (tertiary/aromatic N) is 1. The van der Waals surface area contributed by atoms with Gasteiger partial charge in [0.15, 0.2) is 11.5 Å². The van der Waals surface area contributed by atoms with Crippen molar-refractivity contribution in [3.8, 4) is 17.2 Å². The monoisotopic (exact) mass is 387 g/mol. The van der Waals surface area contributed by atoms with E-state index < -0.39 is 0 Å². The van der Waals surface area contributed by atoms with Gasteiger partial charge in [-0.1, -0.05) is 12.6 Å². The van der Waals surface area contributed by atoms with Crippen molar-refractivity contribution in [2.75, 3.05) is 14.2 Å². The SMILES string of the molecule is C=C(C)SCc1cc(N=O)ccc1Oc1cc(CC(=O)OC)ccc1OC. The van der Waals surface area contributed by atoms with Gasteiger partial charge in [-0.25, -0.2) is 0 Å². The highest BCUT2D eigenvalue weighted by Crippen LogP contribution is 2.37. The normalized spacial score (nSPS) is 10.2. The Labute approximate surface area is 162 Å². The van der Waals surface area contributed by atoms with Gasteiger partial charge in [0.1, 0.15) is 11.4 Å². The number of nitroso groups, excluding NO2 is 1. The summed E-state index contributed by atoms with van der Waals surface area (Å²) in [5, 5.41) is 2.98. The Morgan fingerprint density at radius 2 is 1.85 bits per heavy atom. The van der Waals surface area contributed by atoms with E-state index in [2.05, 4.69) is 11.8 Å². The Hall–Kier alpha value is -2.80. The van der Waals surface area contributed by atoms with Crippen molar-refractivity contribution in [2.24, 2.45) is 5.18 Å². The first-order valence-corrected chi connectivity index (χ1v) is 9.11. The number of allylic oxidation sites excluding steroid dienone is 1. The van der Waals surface area contributed by atoms with Crippen molar-refractivity contribution < 1.29 is 19.0 Å². The Morgan fingerprint density at radius 3 is 2.48 bits per heavy atom. The van der Waals surface area contributed by atoms with Crippen LogP contribution in [0.3, 0.4) is 0 Å². The maximum absolute atomic E-state index is 11.5. The molecule has 0 fully saturated rings. The van der Waals surface area contributed by atoms with Gasteiger partial charge >= 0.3 is 5.97 Å². The van der Waals surface area contributed by atoms with E-state index in [9.17, 15) is 9.70 Å². The van der Waals surface area contributed by atoms with E-state index in [4.69, 9.17) is 14.2 Å². The molecule has 2 aromatic carbocycles. The lowest BCUT2D eigenvalue weighted by molar-refractivity contribution is -0.139. The van der Waals surface area contributed by atoms with E-state index in [0.717, 1.165) is 16.0 Å². The van der Waals surface area contributed by atoms with Crippen molar-refractivity contribution in [3.63, 3.8) is 0 Å². The topological polar surface area (TPSA) is 74.2 Å². The predicted molar refractivity (Wildman–Crippen MR) is 107 cm³/mol. The molecule has 6 nitrogen and oxygen atoms in total. The molecule has 0 aromatic heterocycles. The van der Waals surface area contributed by atoms with Crippen LogP contribution in [-0.2, 0) is 21.7 Å². The summed E-state index contributed by atoms with van der Waals surface area (Å²) >= 11 is 1.54. The summed E-state index contributed by atoms with van der Waals surface area (Å²) in [4.78, 5) is 23.3. The fraction of sp³-hybridized carbons (Fsp3) is 0.250. The lowest BCUT2D eigenvalue weighted by Gasteiger charge is -2.15. The maximum atomic E-state index is 11.5. The largest absolute Gasteiger partial charge is 0.493 e. The van der Waals surface area contributed by atoms with Gasteiger partial charge < -0.3 is 14.2 Å². The first-order valence-electron chi connectivity index (χ1n) is 8.13. The Morgan fingerprint density at radius 1 is 1.11 bits per heavy atom. The second-order valence-electron chi connectivity index (χ2n) is 5.71. The number of benzene rings is 2. The molecule has 0 N–H and O–H groups in total. The predicted octanol–water partition coefficient (Wildman–Crippen LogP) is 5.37. The van der Waals surface area contributed by atoms with Gasteiger partial charge in [-0.05, 0) is 52.9 Å². The zero-order valence-electron chi connectivity index (χ0n) is 15.5. The zero-order chi connectivity index (χ0) is 19.8. The number of carbonyl (C=O) groups excluding carboxylic acids is 1. The molecule has 0 radical (unpaired) electrons. The molecule has 0 saturated heterocycles. The molecule has 27 heavy (non-hydrogen) atoms. The number of carbonyl (C=O) groups is 1. The van der Waals surface area contributed by atoms with E-state index in [1.165, 1.54) is 7.11 Å². The molecule has 0 aliphatic rings. The standard InChI is InChI=1S/C20H21NO5S/c1-13(2)27-12-15-11-16(21-23)6-8-17(15)26-19-9-14(10-20(22)25-4)5-7-18(19)24-3/h5-9,11H,1,10,12H2,2-4H3. The van der Waals surface area contributed by atoms with Crippen LogP contribution in [0.15, 0.2) is 53.1 Å². The van der Waals surface area contributed by atoms with Gasteiger partial charge in [0.05, 0.1) is 20.6 Å². The first kappa shape index (κ1) is 20.5. The van der Waals surface area contributed by atoms with Crippen LogP contribution in [0, 0.1) is 4.91 Å². The first-order chi connectivity index (χ1) is 13.0. The summed E-state index contributed by atoms with van der Waals surface area (Å²) < 4.78 is 16.1. The van der Waals surface area contributed by atoms with E-state index in [1.54, 1.807) is 55.3 Å². The number of ether oxygens (including phenoxy) is 3. The highest BCUT2D eigenvalue weighted by molar-refractivity contribution is 8.02. The van der Waals surface area contributed by atoms with Crippen molar-refractivity contribution >= 4 is 23.4 Å². The van der Waals surface area contributed by atoms with Crippen molar-refractivity contribution in [1.82, 2.24) is 0 Å². The van der Waals surface area contributed by atoms with Gasteiger partial charge in [0.2, 0.25) is 0 Å². The van der Waals surface area contributed by atoms with Gasteiger partial charge in [0, 0.05) is 11.3 Å². The third-order valence-electron chi connectivity index (χ3n) is 3.65. The molecule has 0 saturated carbocycles. The van der Waals surface area contributed by atoms with E-state index in [0.29, 0.717) is 28.7 Å². The second kappa shape index (κ2) is 9.78. The average Bonchev–Trinajstić information content (AvgIpc) is 2.67. The molecule has 0 aliphatic carbocycles. The van der Waals surface area contributed by atoms with Crippen LogP contribution in [0.4, 0.5) is 5.69 Å². The molecular formula is C20H21NO5S. The van der Waals surface area contributed by atoms with Crippen LogP contribution < -0.4 is 9.47 Å². The molecule has 0 heterocycles. The number of rotatable bonds is 9. The van der Waals surface area contributed by atoms with Crippen LogP contribution in [0.1, 0.15) is 18.1 Å². The maximum Gasteiger partial charge on any atom is 0.309 e. The Kier molecular flexibility index (Phi) is 7.43. The molecule has 2 rings (SSSR count). The fourth-order valence-electron chi connectivity index (χ4n) is 2.30. The summed E-state index contributed by atoms with van der Waals surface area (Å²) in [7, 11) is 2.89. The van der Waals surface area contributed by atoms with Gasteiger partial charge in [-0.3, -0.25) is 4.79 Å². The smallest absolute Gasteiger partial charge is 0.309 e. The molecule has 142 valence electrons. The average molecular weight is 387 g/mol. The number of hydrogen-bond acceptors (Lipinski definition) is 7. The minimum absolute atomic E-state index is 0.128. The third-order valence-corrected chi connectivity index (χ3v) is 4.60. The molecule has 0 spiro atoms. The number of esters is 1. The zero-order valence-corrected chi connectivity index (χ0v) is 16.3. The van der Waals surface area contributed by atoms with Crippen LogP contribution in [0.25, 0.3) is 0 Å². The highest BCUT2D eigenvalue weighted by Gasteiger charge is 2.13. The quantitative estimate of drug-likeness (QED) is 0.425. The minimum Gasteiger partial charge on any atom is -0.493 e. The van der Waals surface area contributed by atoms with Crippen LogP contribution >= 0.6 is 11.8 Å². The van der Waals surface area contributed by atoms with Crippen molar-refractivity contribution in [2.45, 2.75) is 19.1 Å². The van der Waals surface area contributed by atoms with Crippen LogP contribution in [-0.4, -0.2) is 20.2 Å². The van der Waals surface area contributed by atoms with Gasteiger partial charge in [0.25, 0.3) is 0 Å². The Balaban J connectivity index is 2.36. The minimum atomic E-state index is -0.342. The van der Waals surface area contributed by atoms with Gasteiger partial charge in [-0.15, -0.1) is 16.7 Å². The van der Waals surface area contributed by atoms with Crippen molar-refractivity contribution in [3.05, 3.63) is 63.9 Å². The van der Waals surface area contributed by atoms with E-state index in [-0.39, 0.29) is 12.4 Å². The number of thioether (sulfide) groups is 1. The number of methoxy groups -OCH3 is 2. The molecule has 0 atom stereocenters. The lowest BCUT2D eigenvalue weighted by Crippen LogP contribution is -2.04. The molecular weight excluding hydrogens is 366 g/mol. The molecule has 7 heteroatoms. The highest BCUT2D eigenvalue weighted by atomic mass is 32.2. The van der Waals surface area contributed by atoms with Gasteiger partial charge in [-0.2, -0.15) is 0 Å². The summed E-state index contributed by atoms with van der Waals surface area (Å²) in [6, 6.07) is 10.2. The van der Waals surface area contributed by atoms with E-state index in [1.807, 2.05) is 6.92 Å². The lowest BCUT2D eigenvalue weighted by atomic mass is 10.1.